The van der Waals surface area contributed by atoms with E-state index in [1.807, 2.05) is 11.0 Å². The topological polar surface area (TPSA) is 57.0 Å². The monoisotopic (exact) mass is 518 g/mol. The molecule has 2 bridgehead atoms. The molecule has 6 rings (SSSR count). The second-order valence-corrected chi connectivity index (χ2v) is 11.2. The van der Waals surface area contributed by atoms with Gasteiger partial charge < -0.3 is 14.7 Å². The third-order valence-electron chi connectivity index (χ3n) is 8.59. The van der Waals surface area contributed by atoms with Crippen LogP contribution >= 0.6 is 0 Å². The number of benzene rings is 1. The van der Waals surface area contributed by atoms with E-state index in [1.54, 1.807) is 4.52 Å². The Morgan fingerprint density at radius 2 is 1.76 bits per heavy atom. The molecule has 3 aliphatic rings. The van der Waals surface area contributed by atoms with Gasteiger partial charge in [-0.1, -0.05) is 24.1 Å². The van der Waals surface area contributed by atoms with Gasteiger partial charge in [-0.3, -0.25) is 4.79 Å². The lowest BCUT2D eigenvalue weighted by Crippen LogP contribution is -2.39. The highest BCUT2D eigenvalue weighted by Crippen LogP contribution is 2.36. The van der Waals surface area contributed by atoms with Gasteiger partial charge >= 0.3 is 0 Å². The summed E-state index contributed by atoms with van der Waals surface area (Å²) < 4.78 is 18.0. The van der Waals surface area contributed by atoms with Gasteiger partial charge in [-0.15, -0.1) is 0 Å². The smallest absolute Gasteiger partial charge is 0.254 e. The van der Waals surface area contributed by atoms with E-state index in [-0.39, 0.29) is 17.8 Å². The van der Waals surface area contributed by atoms with Crippen molar-refractivity contribution in [2.75, 3.05) is 42.5 Å². The summed E-state index contributed by atoms with van der Waals surface area (Å²) in [5, 5.41) is 4.98. The van der Waals surface area contributed by atoms with Gasteiger partial charge in [0, 0.05) is 44.4 Å². The molecule has 1 atom stereocenters. The minimum atomic E-state index is -0.278. The first kappa shape index (κ1) is 25.1. The summed E-state index contributed by atoms with van der Waals surface area (Å²) in [4.78, 5) is 25.1. The Labute approximate surface area is 224 Å². The van der Waals surface area contributed by atoms with Crippen molar-refractivity contribution in [2.45, 2.75) is 77.7 Å². The van der Waals surface area contributed by atoms with Crippen molar-refractivity contribution in [3.8, 4) is 0 Å². The Hall–Kier alpha value is -3.16. The van der Waals surface area contributed by atoms with Crippen LogP contribution in [0.2, 0.25) is 0 Å². The summed E-state index contributed by atoms with van der Waals surface area (Å²) in [7, 11) is 0. The molecule has 2 aromatic heterocycles. The number of amides is 1. The number of aromatic nitrogens is 3. The lowest BCUT2D eigenvalue weighted by molar-refractivity contribution is 0.0604. The third-order valence-corrected chi connectivity index (χ3v) is 8.59. The minimum absolute atomic E-state index is 0.0904. The van der Waals surface area contributed by atoms with E-state index in [9.17, 15) is 4.79 Å². The Kier molecular flexibility index (Phi) is 6.97. The van der Waals surface area contributed by atoms with Crippen molar-refractivity contribution in [1.29, 1.82) is 0 Å². The molecule has 8 heteroatoms. The molecule has 38 heavy (non-hydrogen) atoms. The van der Waals surface area contributed by atoms with Crippen molar-refractivity contribution in [3.63, 3.8) is 0 Å². The molecule has 1 aromatic carbocycles. The Morgan fingerprint density at radius 3 is 2.58 bits per heavy atom. The fourth-order valence-corrected chi connectivity index (χ4v) is 6.50. The Balaban J connectivity index is 1.51. The van der Waals surface area contributed by atoms with Crippen LogP contribution in [0.25, 0.3) is 5.65 Å². The van der Waals surface area contributed by atoms with Crippen LogP contribution in [0.4, 0.5) is 16.0 Å². The average molecular weight is 519 g/mol. The standard InChI is InChI=1S/C30H39FN6O/c1-3-34-15-7-4-5-11-22-14-13-21(2)19-23(22)30(38)36-18-8-6-12-25(36)24-20-26-32-28(35-16-9-10-17-35)27(31)29(34)37(26)33-24/h13-14,19-20,25H,3-12,15-18H2,1-2H3. The fraction of sp³-hybridized carbons (Fsp3) is 0.567. The van der Waals surface area contributed by atoms with Gasteiger partial charge in [0.1, 0.15) is 0 Å². The van der Waals surface area contributed by atoms with Crippen LogP contribution in [-0.2, 0) is 6.42 Å². The molecule has 2 saturated heterocycles. The molecule has 1 amide bonds. The minimum Gasteiger partial charge on any atom is -0.354 e. The largest absolute Gasteiger partial charge is 0.354 e. The van der Waals surface area contributed by atoms with Crippen molar-refractivity contribution >= 4 is 23.2 Å². The van der Waals surface area contributed by atoms with Crippen LogP contribution in [0.3, 0.4) is 0 Å². The number of piperidine rings is 1. The van der Waals surface area contributed by atoms with Gasteiger partial charge in [-0.05, 0) is 76.8 Å². The maximum absolute atomic E-state index is 16.3. The molecule has 0 radical (unpaired) electrons. The number of aryl methyl sites for hydroxylation is 2. The molecular weight excluding hydrogens is 479 g/mol. The number of rotatable bonds is 2. The zero-order valence-corrected chi connectivity index (χ0v) is 22.8. The highest BCUT2D eigenvalue weighted by Gasteiger charge is 2.33. The molecule has 3 aliphatic heterocycles. The van der Waals surface area contributed by atoms with Crippen molar-refractivity contribution in [3.05, 3.63) is 52.5 Å². The first-order valence-corrected chi connectivity index (χ1v) is 14.5. The number of carbonyl (C=O) groups excluding carboxylic acids is 1. The molecule has 3 aromatic rings. The number of hydrogen-bond acceptors (Lipinski definition) is 5. The van der Waals surface area contributed by atoms with E-state index < -0.39 is 0 Å². The molecule has 0 N–H and O–H groups in total. The van der Waals surface area contributed by atoms with E-state index >= 15 is 4.39 Å². The second-order valence-electron chi connectivity index (χ2n) is 11.2. The SMILES string of the molecule is CCN1CCCCCc2ccc(C)cc2C(=O)N2CCCCC2c2cc3nc(N4CCCC4)c(F)c1n3n2. The number of carbonyl (C=O) groups is 1. The predicted molar refractivity (Wildman–Crippen MR) is 149 cm³/mol. The highest BCUT2D eigenvalue weighted by molar-refractivity contribution is 5.96. The van der Waals surface area contributed by atoms with Gasteiger partial charge in [0.2, 0.25) is 5.82 Å². The number of anilines is 2. The zero-order valence-electron chi connectivity index (χ0n) is 22.8. The molecular formula is C30H39FN6O. The van der Waals surface area contributed by atoms with Crippen LogP contribution in [0.15, 0.2) is 24.3 Å². The van der Waals surface area contributed by atoms with Crippen LogP contribution in [0.5, 0.6) is 0 Å². The maximum Gasteiger partial charge on any atom is 0.254 e. The molecule has 202 valence electrons. The molecule has 0 aliphatic carbocycles. The molecule has 5 heterocycles. The van der Waals surface area contributed by atoms with E-state index in [4.69, 9.17) is 10.1 Å². The van der Waals surface area contributed by atoms with Crippen LogP contribution in [-0.4, -0.2) is 58.1 Å². The number of halogens is 1. The van der Waals surface area contributed by atoms with Crippen molar-refractivity contribution in [1.82, 2.24) is 19.5 Å². The van der Waals surface area contributed by atoms with Gasteiger partial charge in [0.25, 0.3) is 5.91 Å². The Morgan fingerprint density at radius 1 is 0.974 bits per heavy atom. The lowest BCUT2D eigenvalue weighted by atomic mass is 9.94. The van der Waals surface area contributed by atoms with Crippen molar-refractivity contribution in [2.24, 2.45) is 0 Å². The highest BCUT2D eigenvalue weighted by atomic mass is 19.1. The summed E-state index contributed by atoms with van der Waals surface area (Å²) in [6.07, 6.45) is 8.85. The summed E-state index contributed by atoms with van der Waals surface area (Å²) >= 11 is 0. The number of nitrogens with zero attached hydrogens (tertiary/aromatic N) is 6. The fourth-order valence-electron chi connectivity index (χ4n) is 6.50. The van der Waals surface area contributed by atoms with E-state index in [2.05, 4.69) is 41.8 Å². The van der Waals surface area contributed by atoms with Crippen LogP contribution < -0.4 is 9.80 Å². The number of hydrogen-bond donors (Lipinski definition) is 0. The predicted octanol–water partition coefficient (Wildman–Crippen LogP) is 5.70. The first-order valence-electron chi connectivity index (χ1n) is 14.5. The van der Waals surface area contributed by atoms with Gasteiger partial charge in [-0.2, -0.15) is 14.0 Å². The zero-order chi connectivity index (χ0) is 26.2. The van der Waals surface area contributed by atoms with E-state index in [0.717, 1.165) is 99.8 Å². The second kappa shape index (κ2) is 10.5. The average Bonchev–Trinajstić information content (AvgIpc) is 3.61. The summed E-state index contributed by atoms with van der Waals surface area (Å²) in [6, 6.07) is 8.16. The summed E-state index contributed by atoms with van der Waals surface area (Å²) in [6.45, 7) is 7.96. The van der Waals surface area contributed by atoms with Crippen LogP contribution in [0, 0.1) is 12.7 Å². The quantitative estimate of drug-likeness (QED) is 0.436. The van der Waals surface area contributed by atoms with Gasteiger partial charge in [0.05, 0.1) is 11.7 Å². The third kappa shape index (κ3) is 4.52. The van der Waals surface area contributed by atoms with Crippen LogP contribution in [0.1, 0.15) is 91.5 Å². The molecule has 2 fully saturated rings. The molecule has 0 spiro atoms. The molecule has 7 nitrogen and oxygen atoms in total. The van der Waals surface area contributed by atoms with Gasteiger partial charge in [0.15, 0.2) is 17.3 Å². The first-order chi connectivity index (χ1) is 18.5. The van der Waals surface area contributed by atoms with Gasteiger partial charge in [-0.25, -0.2) is 4.98 Å². The summed E-state index contributed by atoms with van der Waals surface area (Å²) in [5.41, 5.74) is 4.54. The normalized spacial score (nSPS) is 21.0. The maximum atomic E-state index is 16.3. The summed E-state index contributed by atoms with van der Waals surface area (Å²) in [5.74, 6) is 0.761. The van der Waals surface area contributed by atoms with Crippen molar-refractivity contribution < 1.29 is 9.18 Å². The van der Waals surface area contributed by atoms with E-state index in [0.29, 0.717) is 30.4 Å². The Bertz CT molecular complexity index is 1330. The van der Waals surface area contributed by atoms with E-state index in [1.165, 1.54) is 0 Å². The number of fused-ring (bicyclic) bond motifs is 4. The molecule has 0 saturated carbocycles. The molecule has 1 unspecified atom stereocenters. The lowest BCUT2D eigenvalue weighted by Gasteiger charge is -2.35.